The maximum Gasteiger partial charge on any atom is 0.339 e. The molecule has 27 heavy (non-hydrogen) atoms. The van der Waals surface area contributed by atoms with Gasteiger partial charge < -0.3 is 19.1 Å². The van der Waals surface area contributed by atoms with Gasteiger partial charge in [-0.15, -0.1) is 0 Å². The van der Waals surface area contributed by atoms with E-state index in [0.717, 1.165) is 17.7 Å². The van der Waals surface area contributed by atoms with Crippen LogP contribution in [0.15, 0.2) is 42.5 Å². The molecule has 142 valence electrons. The van der Waals surface area contributed by atoms with Gasteiger partial charge in [-0.25, -0.2) is 4.79 Å². The number of rotatable bonds is 6. The van der Waals surface area contributed by atoms with Gasteiger partial charge in [0.1, 0.15) is 0 Å². The quantitative estimate of drug-likeness (QED) is 0.732. The fraction of sp³-hybridized carbons (Fsp3) is 0.333. The van der Waals surface area contributed by atoms with E-state index in [1.54, 1.807) is 30.0 Å². The highest BCUT2D eigenvalue weighted by molar-refractivity contribution is 6.00. The van der Waals surface area contributed by atoms with E-state index in [1.807, 2.05) is 31.2 Å². The first-order valence-electron chi connectivity index (χ1n) is 8.96. The maximum absolute atomic E-state index is 12.7. The number of ether oxygens (including phenoxy) is 3. The second-order valence-electron chi connectivity index (χ2n) is 6.21. The van der Waals surface area contributed by atoms with Crippen molar-refractivity contribution in [1.29, 1.82) is 0 Å². The highest BCUT2D eigenvalue weighted by Crippen LogP contribution is 2.30. The minimum atomic E-state index is -0.888. The summed E-state index contributed by atoms with van der Waals surface area (Å²) in [5, 5.41) is 0. The maximum atomic E-state index is 12.7. The second kappa shape index (κ2) is 8.12. The van der Waals surface area contributed by atoms with Crippen molar-refractivity contribution in [3.8, 4) is 11.5 Å². The largest absolute Gasteiger partial charge is 0.493 e. The lowest BCUT2D eigenvalue weighted by Crippen LogP contribution is -2.39. The zero-order valence-corrected chi connectivity index (χ0v) is 15.7. The summed E-state index contributed by atoms with van der Waals surface area (Å²) in [5.41, 5.74) is 2.31. The molecule has 1 atom stereocenters. The normalized spacial score (nSPS) is 13.7. The van der Waals surface area contributed by atoms with Gasteiger partial charge in [0, 0.05) is 12.2 Å². The van der Waals surface area contributed by atoms with Gasteiger partial charge in [0.05, 0.1) is 19.3 Å². The predicted molar refractivity (Wildman–Crippen MR) is 102 cm³/mol. The molecule has 1 aliphatic rings. The number of nitrogens with zero attached hydrogens (tertiary/aromatic N) is 1. The molecule has 1 amide bonds. The fourth-order valence-corrected chi connectivity index (χ4v) is 3.14. The van der Waals surface area contributed by atoms with Crippen LogP contribution >= 0.6 is 0 Å². The van der Waals surface area contributed by atoms with Gasteiger partial charge in [-0.1, -0.05) is 18.2 Å². The number of para-hydroxylation sites is 1. The Hall–Kier alpha value is -3.02. The number of methoxy groups -OCH3 is 1. The average molecular weight is 369 g/mol. The Morgan fingerprint density at radius 3 is 2.67 bits per heavy atom. The summed E-state index contributed by atoms with van der Waals surface area (Å²) in [6.45, 7) is 4.47. The molecule has 0 saturated heterocycles. The Morgan fingerprint density at radius 1 is 1.15 bits per heavy atom. The number of esters is 1. The molecule has 1 heterocycles. The molecule has 0 aliphatic carbocycles. The third-order valence-corrected chi connectivity index (χ3v) is 4.48. The van der Waals surface area contributed by atoms with Crippen molar-refractivity contribution in [2.45, 2.75) is 26.4 Å². The second-order valence-corrected chi connectivity index (χ2v) is 6.21. The summed E-state index contributed by atoms with van der Waals surface area (Å²) in [6.07, 6.45) is -0.0833. The smallest absolute Gasteiger partial charge is 0.339 e. The van der Waals surface area contributed by atoms with E-state index in [1.165, 1.54) is 7.11 Å². The number of carbonyl (C=O) groups is 2. The molecule has 1 aliphatic heterocycles. The summed E-state index contributed by atoms with van der Waals surface area (Å²) < 4.78 is 16.1. The van der Waals surface area contributed by atoms with E-state index in [0.29, 0.717) is 30.2 Å². The number of benzene rings is 2. The molecule has 0 bridgehead atoms. The average Bonchev–Trinajstić information content (AvgIpc) is 3.11. The monoisotopic (exact) mass is 369 g/mol. The van der Waals surface area contributed by atoms with Gasteiger partial charge in [-0.3, -0.25) is 4.79 Å². The minimum Gasteiger partial charge on any atom is -0.493 e. The molecule has 0 radical (unpaired) electrons. The third kappa shape index (κ3) is 3.89. The van der Waals surface area contributed by atoms with Crippen LogP contribution < -0.4 is 14.4 Å². The molecule has 0 aromatic heterocycles. The molecule has 0 unspecified atom stereocenters. The van der Waals surface area contributed by atoms with Gasteiger partial charge in [0.2, 0.25) is 0 Å². The molecule has 0 N–H and O–H groups in total. The van der Waals surface area contributed by atoms with Crippen LogP contribution in [0.2, 0.25) is 0 Å². The fourth-order valence-electron chi connectivity index (χ4n) is 3.14. The molecule has 6 nitrogen and oxygen atoms in total. The molecule has 0 fully saturated rings. The Kier molecular flexibility index (Phi) is 5.64. The van der Waals surface area contributed by atoms with Crippen LogP contribution in [0, 0.1) is 0 Å². The van der Waals surface area contributed by atoms with Crippen molar-refractivity contribution in [2.75, 3.05) is 25.2 Å². The molecular weight excluding hydrogens is 346 g/mol. The van der Waals surface area contributed by atoms with E-state index in [-0.39, 0.29) is 5.91 Å². The highest BCUT2D eigenvalue weighted by atomic mass is 16.5. The Labute approximate surface area is 158 Å². The van der Waals surface area contributed by atoms with E-state index in [4.69, 9.17) is 14.2 Å². The van der Waals surface area contributed by atoms with Gasteiger partial charge in [0.15, 0.2) is 17.6 Å². The van der Waals surface area contributed by atoms with Crippen LogP contribution in [0.1, 0.15) is 29.8 Å². The van der Waals surface area contributed by atoms with Gasteiger partial charge in [-0.2, -0.15) is 0 Å². The molecule has 0 saturated carbocycles. The number of carbonyl (C=O) groups excluding carboxylic acids is 2. The number of hydrogen-bond acceptors (Lipinski definition) is 5. The summed E-state index contributed by atoms with van der Waals surface area (Å²) in [5.74, 6) is 0.187. The Balaban J connectivity index is 1.71. The van der Waals surface area contributed by atoms with Crippen LogP contribution in [-0.4, -0.2) is 38.2 Å². The van der Waals surface area contributed by atoms with Crippen LogP contribution in [0.3, 0.4) is 0 Å². The Morgan fingerprint density at radius 2 is 1.93 bits per heavy atom. The summed E-state index contributed by atoms with van der Waals surface area (Å²) in [7, 11) is 1.53. The van der Waals surface area contributed by atoms with E-state index >= 15 is 0 Å². The van der Waals surface area contributed by atoms with Crippen molar-refractivity contribution >= 4 is 17.6 Å². The lowest BCUT2D eigenvalue weighted by atomic mass is 10.2. The summed E-state index contributed by atoms with van der Waals surface area (Å²) >= 11 is 0. The SMILES string of the molecule is CCOc1cc(C(=O)O[C@H](C)C(=O)N2CCc3ccccc32)ccc1OC. The van der Waals surface area contributed by atoms with Crippen LogP contribution in [0.5, 0.6) is 11.5 Å². The van der Waals surface area contributed by atoms with Crippen LogP contribution in [0.25, 0.3) is 0 Å². The molecule has 6 heteroatoms. The molecule has 0 spiro atoms. The van der Waals surface area contributed by atoms with E-state index < -0.39 is 12.1 Å². The zero-order valence-electron chi connectivity index (χ0n) is 15.7. The van der Waals surface area contributed by atoms with Crippen LogP contribution in [0.4, 0.5) is 5.69 Å². The molecular formula is C21H23NO5. The first kappa shape index (κ1) is 18.8. The van der Waals surface area contributed by atoms with Crippen molar-refractivity contribution < 1.29 is 23.8 Å². The molecule has 3 rings (SSSR count). The van der Waals surface area contributed by atoms with Gasteiger partial charge in [0.25, 0.3) is 5.91 Å². The van der Waals surface area contributed by atoms with Gasteiger partial charge in [-0.05, 0) is 50.1 Å². The van der Waals surface area contributed by atoms with Crippen molar-refractivity contribution in [1.82, 2.24) is 0 Å². The van der Waals surface area contributed by atoms with Crippen LogP contribution in [-0.2, 0) is 16.0 Å². The zero-order chi connectivity index (χ0) is 19.4. The number of anilines is 1. The summed E-state index contributed by atoms with van der Waals surface area (Å²) in [4.78, 5) is 26.9. The van der Waals surface area contributed by atoms with Crippen molar-refractivity contribution in [3.63, 3.8) is 0 Å². The first-order chi connectivity index (χ1) is 13.0. The van der Waals surface area contributed by atoms with Gasteiger partial charge >= 0.3 is 5.97 Å². The molecule has 2 aromatic rings. The minimum absolute atomic E-state index is 0.230. The lowest BCUT2D eigenvalue weighted by molar-refractivity contribution is -0.126. The topological polar surface area (TPSA) is 65.1 Å². The standard InChI is InChI=1S/C21H23NO5/c1-4-26-19-13-16(9-10-18(19)25-3)21(24)27-14(2)20(23)22-12-11-15-7-5-6-8-17(15)22/h5-10,13-14H,4,11-12H2,1-3H3/t14-/m1/s1. The number of hydrogen-bond donors (Lipinski definition) is 0. The molecule has 2 aromatic carbocycles. The first-order valence-corrected chi connectivity index (χ1v) is 8.96. The predicted octanol–water partition coefficient (Wildman–Crippen LogP) is 3.23. The number of amides is 1. The van der Waals surface area contributed by atoms with E-state index in [2.05, 4.69) is 0 Å². The van der Waals surface area contributed by atoms with E-state index in [9.17, 15) is 9.59 Å². The number of fused-ring (bicyclic) bond motifs is 1. The highest BCUT2D eigenvalue weighted by Gasteiger charge is 2.30. The third-order valence-electron chi connectivity index (χ3n) is 4.48. The summed E-state index contributed by atoms with van der Waals surface area (Å²) in [6, 6.07) is 12.6. The van der Waals surface area contributed by atoms with Crippen molar-refractivity contribution in [3.05, 3.63) is 53.6 Å². The van der Waals surface area contributed by atoms with Crippen molar-refractivity contribution in [2.24, 2.45) is 0 Å². The lowest BCUT2D eigenvalue weighted by Gasteiger charge is -2.22. The Bertz CT molecular complexity index is 848.